The third-order valence-corrected chi connectivity index (χ3v) is 3.60. The van der Waals surface area contributed by atoms with Gasteiger partial charge in [-0.25, -0.2) is 4.98 Å². The highest BCUT2D eigenvalue weighted by Crippen LogP contribution is 2.28. The topological polar surface area (TPSA) is 68.1 Å². The molecule has 0 atom stereocenters. The fourth-order valence-corrected chi connectivity index (χ4v) is 2.49. The lowest BCUT2D eigenvalue weighted by Crippen LogP contribution is -2.05. The SMILES string of the molecule is COc1ccc(-c2nc3c(=O)[nH]c4ccccc4c3o2)cc1. The Hall–Kier alpha value is -3.08. The number of rotatable bonds is 2. The maximum atomic E-state index is 12.1. The van der Waals surface area contributed by atoms with E-state index in [0.717, 1.165) is 22.2 Å². The molecule has 0 radical (unpaired) electrons. The number of para-hydroxylation sites is 1. The van der Waals surface area contributed by atoms with Crippen LogP contribution in [0.5, 0.6) is 5.75 Å². The first-order chi connectivity index (χ1) is 10.8. The van der Waals surface area contributed by atoms with E-state index >= 15 is 0 Å². The summed E-state index contributed by atoms with van der Waals surface area (Å²) >= 11 is 0. The summed E-state index contributed by atoms with van der Waals surface area (Å²) < 4.78 is 11.0. The van der Waals surface area contributed by atoms with Gasteiger partial charge in [0.05, 0.1) is 12.6 Å². The Morgan fingerprint density at radius 2 is 1.86 bits per heavy atom. The number of hydrogen-bond donors (Lipinski definition) is 1. The van der Waals surface area contributed by atoms with Crippen molar-refractivity contribution < 1.29 is 9.15 Å². The van der Waals surface area contributed by atoms with Gasteiger partial charge in [-0.3, -0.25) is 4.79 Å². The van der Waals surface area contributed by atoms with Crippen LogP contribution in [-0.4, -0.2) is 17.1 Å². The van der Waals surface area contributed by atoms with E-state index in [9.17, 15) is 4.79 Å². The standard InChI is InChI=1S/C17H12N2O3/c1-21-11-8-6-10(7-9-11)17-19-14-15(22-17)12-4-2-3-5-13(12)18-16(14)20/h2-9H,1H3,(H,18,20). The van der Waals surface area contributed by atoms with Gasteiger partial charge in [0.15, 0.2) is 11.1 Å². The van der Waals surface area contributed by atoms with E-state index in [0.29, 0.717) is 17.0 Å². The smallest absolute Gasteiger partial charge is 0.278 e. The second kappa shape index (κ2) is 4.73. The molecule has 0 aliphatic carbocycles. The van der Waals surface area contributed by atoms with Crippen LogP contribution in [0.15, 0.2) is 57.7 Å². The van der Waals surface area contributed by atoms with Gasteiger partial charge in [0.2, 0.25) is 5.89 Å². The van der Waals surface area contributed by atoms with E-state index < -0.39 is 0 Å². The summed E-state index contributed by atoms with van der Waals surface area (Å²) in [6.07, 6.45) is 0. The highest BCUT2D eigenvalue weighted by molar-refractivity contribution is 6.00. The molecular weight excluding hydrogens is 280 g/mol. The van der Waals surface area contributed by atoms with E-state index in [1.807, 2.05) is 48.5 Å². The molecule has 0 amide bonds. The Balaban J connectivity index is 1.98. The van der Waals surface area contributed by atoms with Crippen molar-refractivity contribution in [2.75, 3.05) is 7.11 Å². The molecule has 2 aromatic heterocycles. The number of ether oxygens (including phenoxy) is 1. The number of oxazole rings is 1. The van der Waals surface area contributed by atoms with Gasteiger partial charge in [0.1, 0.15) is 5.75 Å². The zero-order valence-corrected chi connectivity index (χ0v) is 11.8. The van der Waals surface area contributed by atoms with Crippen LogP contribution in [0.2, 0.25) is 0 Å². The van der Waals surface area contributed by atoms with Gasteiger partial charge < -0.3 is 14.1 Å². The van der Waals surface area contributed by atoms with Crippen molar-refractivity contribution in [1.82, 2.24) is 9.97 Å². The number of benzene rings is 2. The molecular formula is C17H12N2O3. The van der Waals surface area contributed by atoms with E-state index in [1.165, 1.54) is 0 Å². The summed E-state index contributed by atoms with van der Waals surface area (Å²) in [6, 6.07) is 14.8. The first-order valence-corrected chi connectivity index (χ1v) is 6.82. The van der Waals surface area contributed by atoms with Crippen LogP contribution < -0.4 is 10.3 Å². The summed E-state index contributed by atoms with van der Waals surface area (Å²) in [5.41, 5.74) is 2.09. The van der Waals surface area contributed by atoms with Crippen molar-refractivity contribution in [3.05, 3.63) is 58.9 Å². The number of fused-ring (bicyclic) bond motifs is 3. The van der Waals surface area contributed by atoms with Crippen LogP contribution in [0, 0.1) is 0 Å². The summed E-state index contributed by atoms with van der Waals surface area (Å²) in [5, 5.41) is 0.837. The minimum absolute atomic E-state index is 0.253. The molecule has 0 fully saturated rings. The zero-order valence-electron chi connectivity index (χ0n) is 11.8. The molecule has 2 aromatic carbocycles. The zero-order chi connectivity index (χ0) is 15.1. The highest BCUT2D eigenvalue weighted by Gasteiger charge is 2.14. The Morgan fingerprint density at radius 1 is 1.09 bits per heavy atom. The third kappa shape index (κ3) is 1.87. The Bertz CT molecular complexity index is 1030. The van der Waals surface area contributed by atoms with E-state index in [4.69, 9.17) is 9.15 Å². The van der Waals surface area contributed by atoms with E-state index in [1.54, 1.807) is 7.11 Å². The fourth-order valence-electron chi connectivity index (χ4n) is 2.49. The average molecular weight is 292 g/mol. The maximum absolute atomic E-state index is 12.1. The van der Waals surface area contributed by atoms with Gasteiger partial charge in [-0.2, -0.15) is 0 Å². The summed E-state index contributed by atoms with van der Waals surface area (Å²) in [6.45, 7) is 0. The molecule has 2 heterocycles. The Morgan fingerprint density at radius 3 is 2.64 bits per heavy atom. The van der Waals surface area contributed by atoms with Crippen LogP contribution in [-0.2, 0) is 0 Å². The summed E-state index contributed by atoms with van der Waals surface area (Å²) in [4.78, 5) is 19.3. The molecule has 0 bridgehead atoms. The quantitative estimate of drug-likeness (QED) is 0.615. The van der Waals surface area contributed by atoms with Crippen LogP contribution in [0.1, 0.15) is 0 Å². The molecule has 5 heteroatoms. The number of pyridine rings is 1. The van der Waals surface area contributed by atoms with Crippen molar-refractivity contribution in [2.45, 2.75) is 0 Å². The third-order valence-electron chi connectivity index (χ3n) is 3.60. The van der Waals surface area contributed by atoms with E-state index in [-0.39, 0.29) is 5.56 Å². The normalized spacial score (nSPS) is 11.1. The number of hydrogen-bond acceptors (Lipinski definition) is 4. The minimum Gasteiger partial charge on any atom is -0.497 e. The lowest BCUT2D eigenvalue weighted by molar-refractivity contribution is 0.415. The van der Waals surface area contributed by atoms with Crippen molar-refractivity contribution in [3.63, 3.8) is 0 Å². The highest BCUT2D eigenvalue weighted by atomic mass is 16.5. The molecule has 108 valence electrons. The lowest BCUT2D eigenvalue weighted by Gasteiger charge is -1.99. The number of nitrogens with one attached hydrogen (secondary N) is 1. The Kier molecular flexibility index (Phi) is 2.72. The minimum atomic E-state index is -0.253. The molecule has 1 N–H and O–H groups in total. The molecule has 0 unspecified atom stereocenters. The van der Waals surface area contributed by atoms with Gasteiger partial charge in [-0.1, -0.05) is 12.1 Å². The van der Waals surface area contributed by atoms with Crippen molar-refractivity contribution >= 4 is 22.0 Å². The lowest BCUT2D eigenvalue weighted by atomic mass is 10.2. The van der Waals surface area contributed by atoms with Gasteiger partial charge in [-0.05, 0) is 36.4 Å². The Labute approximate surface area is 125 Å². The van der Waals surface area contributed by atoms with Crippen molar-refractivity contribution in [2.24, 2.45) is 0 Å². The molecule has 0 saturated heterocycles. The van der Waals surface area contributed by atoms with Crippen molar-refractivity contribution in [1.29, 1.82) is 0 Å². The number of aromatic nitrogens is 2. The molecule has 5 nitrogen and oxygen atoms in total. The summed E-state index contributed by atoms with van der Waals surface area (Å²) in [5.74, 6) is 1.17. The van der Waals surface area contributed by atoms with E-state index in [2.05, 4.69) is 9.97 Å². The summed E-state index contributed by atoms with van der Waals surface area (Å²) in [7, 11) is 1.61. The molecule has 0 aliphatic rings. The van der Waals surface area contributed by atoms with Crippen LogP contribution >= 0.6 is 0 Å². The predicted octanol–water partition coefficient (Wildman–Crippen LogP) is 3.34. The predicted molar refractivity (Wildman–Crippen MR) is 84.1 cm³/mol. The van der Waals surface area contributed by atoms with Crippen LogP contribution in [0.25, 0.3) is 33.5 Å². The molecule has 0 spiro atoms. The van der Waals surface area contributed by atoms with Gasteiger partial charge in [-0.15, -0.1) is 0 Å². The second-order valence-electron chi connectivity index (χ2n) is 4.92. The number of nitrogens with zero attached hydrogens (tertiary/aromatic N) is 1. The van der Waals surface area contributed by atoms with Crippen molar-refractivity contribution in [3.8, 4) is 17.2 Å². The largest absolute Gasteiger partial charge is 0.497 e. The van der Waals surface area contributed by atoms with Crippen LogP contribution in [0.4, 0.5) is 0 Å². The molecule has 0 saturated carbocycles. The molecule has 0 aliphatic heterocycles. The average Bonchev–Trinajstić information content (AvgIpc) is 3.01. The monoisotopic (exact) mass is 292 g/mol. The van der Waals surface area contributed by atoms with Gasteiger partial charge >= 0.3 is 0 Å². The van der Waals surface area contributed by atoms with Gasteiger partial charge in [0.25, 0.3) is 5.56 Å². The fraction of sp³-hybridized carbons (Fsp3) is 0.0588. The maximum Gasteiger partial charge on any atom is 0.278 e. The first-order valence-electron chi connectivity index (χ1n) is 6.82. The molecule has 4 rings (SSSR count). The van der Waals surface area contributed by atoms with Crippen LogP contribution in [0.3, 0.4) is 0 Å². The molecule has 4 aromatic rings. The van der Waals surface area contributed by atoms with Gasteiger partial charge in [0, 0.05) is 10.9 Å². The second-order valence-corrected chi connectivity index (χ2v) is 4.92. The molecule has 22 heavy (non-hydrogen) atoms. The first kappa shape index (κ1) is 12.6. The number of methoxy groups -OCH3 is 1. The number of H-pyrrole nitrogens is 1. The number of aromatic amines is 1.